The standard InChI is InChI=1S/C16H14N8O3/c1-18-13-7-11(21-15-9(14(17)25)8-19-24(13)15)20-10-3-2-5-23(16(10)26)12-4-6-27-22-12/h2-8,18H,1H3,(H2,17,25)(H,20,21). The van der Waals surface area contributed by atoms with Crippen molar-refractivity contribution in [1.82, 2.24) is 24.3 Å². The van der Waals surface area contributed by atoms with Crippen molar-refractivity contribution in [2.24, 2.45) is 5.73 Å². The summed E-state index contributed by atoms with van der Waals surface area (Å²) in [6, 6.07) is 6.51. The number of carbonyl (C=O) groups is 1. The lowest BCUT2D eigenvalue weighted by Gasteiger charge is -2.10. The fourth-order valence-electron chi connectivity index (χ4n) is 2.62. The number of carbonyl (C=O) groups excluding carboxylic acids is 1. The molecule has 0 spiro atoms. The predicted molar refractivity (Wildman–Crippen MR) is 96.4 cm³/mol. The second-order valence-corrected chi connectivity index (χ2v) is 5.51. The molecular formula is C16H14N8O3. The van der Waals surface area contributed by atoms with E-state index in [1.807, 2.05) is 0 Å². The molecule has 0 radical (unpaired) electrons. The van der Waals surface area contributed by atoms with Gasteiger partial charge in [-0.05, 0) is 12.1 Å². The van der Waals surface area contributed by atoms with Gasteiger partial charge in [0.25, 0.3) is 11.5 Å². The van der Waals surface area contributed by atoms with Gasteiger partial charge in [-0.1, -0.05) is 5.16 Å². The Hall–Kier alpha value is -4.15. The summed E-state index contributed by atoms with van der Waals surface area (Å²) in [4.78, 5) is 28.7. The molecule has 1 amide bonds. The quantitative estimate of drug-likeness (QED) is 0.469. The van der Waals surface area contributed by atoms with E-state index >= 15 is 0 Å². The minimum atomic E-state index is -0.648. The number of aromatic nitrogens is 5. The summed E-state index contributed by atoms with van der Waals surface area (Å²) in [6.45, 7) is 0. The number of amides is 1. The number of pyridine rings is 1. The van der Waals surface area contributed by atoms with Crippen LogP contribution < -0.4 is 21.9 Å². The van der Waals surface area contributed by atoms with Gasteiger partial charge in [0.05, 0.1) is 6.20 Å². The topological polar surface area (TPSA) is 145 Å². The van der Waals surface area contributed by atoms with E-state index in [0.717, 1.165) is 0 Å². The van der Waals surface area contributed by atoms with Crippen LogP contribution in [0.3, 0.4) is 0 Å². The Morgan fingerprint density at radius 1 is 1.33 bits per heavy atom. The Balaban J connectivity index is 1.80. The fraction of sp³-hybridized carbons (Fsp3) is 0.0625. The van der Waals surface area contributed by atoms with Gasteiger partial charge in [0.15, 0.2) is 11.5 Å². The first-order valence-corrected chi connectivity index (χ1v) is 7.84. The number of nitrogens with zero attached hydrogens (tertiary/aromatic N) is 5. The molecule has 11 nitrogen and oxygen atoms in total. The van der Waals surface area contributed by atoms with Crippen LogP contribution in [-0.2, 0) is 0 Å². The molecule has 0 bridgehead atoms. The summed E-state index contributed by atoms with van der Waals surface area (Å²) in [6.07, 6.45) is 4.29. The molecule has 136 valence electrons. The van der Waals surface area contributed by atoms with Gasteiger partial charge in [-0.3, -0.25) is 14.2 Å². The van der Waals surface area contributed by atoms with Crippen LogP contribution in [0.2, 0.25) is 0 Å². The molecule has 0 saturated carbocycles. The molecule has 4 aromatic rings. The molecule has 4 heterocycles. The molecule has 4 rings (SSSR count). The third-order valence-electron chi connectivity index (χ3n) is 3.87. The second-order valence-electron chi connectivity index (χ2n) is 5.51. The molecule has 0 fully saturated rings. The zero-order valence-electron chi connectivity index (χ0n) is 14.1. The molecule has 0 aromatic carbocycles. The van der Waals surface area contributed by atoms with Crippen molar-refractivity contribution in [3.8, 4) is 5.82 Å². The van der Waals surface area contributed by atoms with Crippen LogP contribution in [0.1, 0.15) is 10.4 Å². The average Bonchev–Trinajstić information content (AvgIpc) is 3.32. The van der Waals surface area contributed by atoms with Crippen molar-refractivity contribution < 1.29 is 9.32 Å². The van der Waals surface area contributed by atoms with Gasteiger partial charge in [-0.25, -0.2) is 4.98 Å². The van der Waals surface area contributed by atoms with Crippen molar-refractivity contribution >= 4 is 28.9 Å². The highest BCUT2D eigenvalue weighted by Gasteiger charge is 2.15. The van der Waals surface area contributed by atoms with Gasteiger partial charge >= 0.3 is 0 Å². The number of rotatable bonds is 5. The van der Waals surface area contributed by atoms with E-state index in [2.05, 4.69) is 25.9 Å². The normalized spacial score (nSPS) is 10.9. The van der Waals surface area contributed by atoms with Crippen molar-refractivity contribution in [3.63, 3.8) is 0 Å². The minimum absolute atomic E-state index is 0.170. The van der Waals surface area contributed by atoms with Crippen LogP contribution in [0.15, 0.2) is 52.2 Å². The van der Waals surface area contributed by atoms with Crippen LogP contribution in [0.4, 0.5) is 17.3 Å². The second kappa shape index (κ2) is 6.29. The maximum atomic E-state index is 12.7. The number of primary amides is 1. The monoisotopic (exact) mass is 366 g/mol. The van der Waals surface area contributed by atoms with E-state index in [0.29, 0.717) is 17.5 Å². The molecular weight excluding hydrogens is 352 g/mol. The summed E-state index contributed by atoms with van der Waals surface area (Å²) in [7, 11) is 1.70. The van der Waals surface area contributed by atoms with Gasteiger partial charge in [0, 0.05) is 25.4 Å². The van der Waals surface area contributed by atoms with E-state index in [4.69, 9.17) is 10.3 Å². The molecule has 11 heteroatoms. The summed E-state index contributed by atoms with van der Waals surface area (Å²) in [5.41, 5.74) is 5.73. The van der Waals surface area contributed by atoms with Gasteiger partial charge in [-0.15, -0.1) is 0 Å². The maximum absolute atomic E-state index is 12.7. The number of hydrogen-bond acceptors (Lipinski definition) is 8. The molecule has 0 unspecified atom stereocenters. The smallest absolute Gasteiger partial charge is 0.280 e. The number of nitrogens with two attached hydrogens (primary N) is 1. The fourth-order valence-corrected chi connectivity index (χ4v) is 2.62. The molecule has 4 aromatic heterocycles. The van der Waals surface area contributed by atoms with Gasteiger partial charge in [0.1, 0.15) is 29.1 Å². The molecule has 0 atom stereocenters. The van der Waals surface area contributed by atoms with Crippen molar-refractivity contribution in [1.29, 1.82) is 0 Å². The Morgan fingerprint density at radius 2 is 2.19 bits per heavy atom. The van der Waals surface area contributed by atoms with E-state index in [9.17, 15) is 9.59 Å². The number of nitrogens with one attached hydrogen (secondary N) is 2. The Labute approximate surface area is 151 Å². The molecule has 0 aliphatic heterocycles. The van der Waals surface area contributed by atoms with Crippen molar-refractivity contribution in [2.45, 2.75) is 0 Å². The largest absolute Gasteiger partial charge is 0.373 e. The highest BCUT2D eigenvalue weighted by Crippen LogP contribution is 2.20. The van der Waals surface area contributed by atoms with Gasteiger partial charge in [0.2, 0.25) is 0 Å². The lowest BCUT2D eigenvalue weighted by atomic mass is 10.3. The van der Waals surface area contributed by atoms with E-state index in [1.165, 1.54) is 21.5 Å². The third kappa shape index (κ3) is 2.76. The molecule has 0 saturated heterocycles. The van der Waals surface area contributed by atoms with Crippen LogP contribution >= 0.6 is 0 Å². The SMILES string of the molecule is CNc1cc(Nc2cccn(-c3ccon3)c2=O)nc2c(C(N)=O)cnn12. The highest BCUT2D eigenvalue weighted by molar-refractivity contribution is 5.98. The van der Waals surface area contributed by atoms with E-state index < -0.39 is 5.91 Å². The van der Waals surface area contributed by atoms with Crippen LogP contribution in [0.5, 0.6) is 0 Å². The van der Waals surface area contributed by atoms with Crippen LogP contribution in [-0.4, -0.2) is 37.3 Å². The summed E-state index contributed by atoms with van der Waals surface area (Å²) in [5, 5.41) is 13.8. The summed E-state index contributed by atoms with van der Waals surface area (Å²) < 4.78 is 7.56. The first-order valence-electron chi connectivity index (χ1n) is 7.84. The zero-order chi connectivity index (χ0) is 19.0. The van der Waals surface area contributed by atoms with Crippen molar-refractivity contribution in [2.75, 3.05) is 17.7 Å². The van der Waals surface area contributed by atoms with Gasteiger partial charge < -0.3 is 20.9 Å². The first kappa shape index (κ1) is 16.3. The molecule has 27 heavy (non-hydrogen) atoms. The average molecular weight is 366 g/mol. The van der Waals surface area contributed by atoms with Gasteiger partial charge in [-0.2, -0.15) is 9.61 Å². The van der Waals surface area contributed by atoms with E-state index in [1.54, 1.807) is 37.5 Å². The number of fused-ring (bicyclic) bond motifs is 1. The predicted octanol–water partition coefficient (Wildman–Crippen LogP) is 0.752. The maximum Gasteiger partial charge on any atom is 0.280 e. The molecule has 0 aliphatic rings. The Bertz CT molecular complexity index is 1190. The Kier molecular flexibility index (Phi) is 3.81. The van der Waals surface area contributed by atoms with E-state index in [-0.39, 0.29) is 22.5 Å². The lowest BCUT2D eigenvalue weighted by Crippen LogP contribution is -2.21. The minimum Gasteiger partial charge on any atom is -0.373 e. The third-order valence-corrected chi connectivity index (χ3v) is 3.87. The lowest BCUT2D eigenvalue weighted by molar-refractivity contribution is 0.100. The van der Waals surface area contributed by atoms with Crippen molar-refractivity contribution in [3.05, 3.63) is 58.8 Å². The van der Waals surface area contributed by atoms with Crippen LogP contribution in [0, 0.1) is 0 Å². The molecule has 0 aliphatic carbocycles. The number of hydrogen-bond donors (Lipinski definition) is 3. The molecule has 4 N–H and O–H groups in total. The first-order chi connectivity index (χ1) is 13.1. The summed E-state index contributed by atoms with van der Waals surface area (Å²) >= 11 is 0. The highest BCUT2D eigenvalue weighted by atomic mass is 16.5. The zero-order valence-corrected chi connectivity index (χ0v) is 14.1. The number of anilines is 3. The summed E-state index contributed by atoms with van der Waals surface area (Å²) in [5.74, 6) is 0.604. The van der Waals surface area contributed by atoms with Crippen LogP contribution in [0.25, 0.3) is 11.5 Å². The Morgan fingerprint density at radius 3 is 2.89 bits per heavy atom.